The molecule has 1 atom stereocenters. The first kappa shape index (κ1) is 16.3. The van der Waals surface area contributed by atoms with E-state index in [1.807, 2.05) is 16.8 Å². The summed E-state index contributed by atoms with van der Waals surface area (Å²) in [5, 5.41) is 4.95. The Hall–Kier alpha value is -1.08. The number of methoxy groups -OCH3 is 1. The monoisotopic (exact) mass is 373 g/mol. The standard InChI is InChI=1S/C14H17BrClN3O2/c1-20-7-6-19-14(12(15)8-18-19)13(17)9-21-11-4-2-10(16)3-5-11/h2-5,8,13H,6-7,9,17H2,1H3. The maximum absolute atomic E-state index is 6.21. The molecule has 0 spiro atoms. The van der Waals surface area contributed by atoms with Crippen LogP contribution in [0.5, 0.6) is 5.75 Å². The molecule has 0 saturated carbocycles. The number of ether oxygens (including phenoxy) is 2. The molecule has 5 nitrogen and oxygen atoms in total. The third kappa shape index (κ3) is 4.44. The fourth-order valence-corrected chi connectivity index (χ4v) is 2.61. The second kappa shape index (κ2) is 7.79. The summed E-state index contributed by atoms with van der Waals surface area (Å²) in [5.41, 5.74) is 7.10. The lowest BCUT2D eigenvalue weighted by molar-refractivity contribution is 0.181. The summed E-state index contributed by atoms with van der Waals surface area (Å²) in [5.74, 6) is 0.730. The highest BCUT2D eigenvalue weighted by Crippen LogP contribution is 2.23. The number of aromatic nitrogens is 2. The molecule has 0 saturated heterocycles. The quantitative estimate of drug-likeness (QED) is 0.809. The predicted octanol–water partition coefficient (Wildman–Crippen LogP) is 3.02. The van der Waals surface area contributed by atoms with E-state index >= 15 is 0 Å². The molecular weight excluding hydrogens is 358 g/mol. The van der Waals surface area contributed by atoms with E-state index in [1.54, 1.807) is 25.4 Å². The molecule has 2 rings (SSSR count). The number of nitrogens with two attached hydrogens (primary N) is 1. The topological polar surface area (TPSA) is 62.3 Å². The van der Waals surface area contributed by atoms with Crippen molar-refractivity contribution < 1.29 is 9.47 Å². The highest BCUT2D eigenvalue weighted by molar-refractivity contribution is 9.10. The molecule has 2 aromatic rings. The van der Waals surface area contributed by atoms with E-state index in [-0.39, 0.29) is 6.04 Å². The summed E-state index contributed by atoms with van der Waals surface area (Å²) < 4.78 is 13.4. The van der Waals surface area contributed by atoms with E-state index in [0.717, 1.165) is 15.9 Å². The van der Waals surface area contributed by atoms with Crippen molar-refractivity contribution in [2.75, 3.05) is 20.3 Å². The second-order valence-electron chi connectivity index (χ2n) is 4.47. The minimum Gasteiger partial charge on any atom is -0.492 e. The van der Waals surface area contributed by atoms with Gasteiger partial charge < -0.3 is 15.2 Å². The number of hydrogen-bond acceptors (Lipinski definition) is 4. The van der Waals surface area contributed by atoms with Gasteiger partial charge in [-0.25, -0.2) is 0 Å². The molecule has 2 N–H and O–H groups in total. The summed E-state index contributed by atoms with van der Waals surface area (Å²) in [4.78, 5) is 0. The Labute approximate surface area is 137 Å². The van der Waals surface area contributed by atoms with Gasteiger partial charge in [-0.15, -0.1) is 0 Å². The van der Waals surface area contributed by atoms with E-state index in [2.05, 4.69) is 21.0 Å². The molecule has 0 fully saturated rings. The zero-order valence-electron chi connectivity index (χ0n) is 11.6. The first-order chi connectivity index (χ1) is 10.1. The lowest BCUT2D eigenvalue weighted by Gasteiger charge is -2.16. The Morgan fingerprint density at radius 3 is 2.76 bits per heavy atom. The molecule has 1 unspecified atom stereocenters. The van der Waals surface area contributed by atoms with Crippen molar-refractivity contribution in [1.29, 1.82) is 0 Å². The van der Waals surface area contributed by atoms with E-state index in [1.165, 1.54) is 0 Å². The van der Waals surface area contributed by atoms with E-state index in [9.17, 15) is 0 Å². The lowest BCUT2D eigenvalue weighted by Crippen LogP contribution is -2.24. The van der Waals surface area contributed by atoms with Gasteiger partial charge in [0.05, 0.1) is 35.6 Å². The van der Waals surface area contributed by atoms with Gasteiger partial charge in [-0.2, -0.15) is 5.10 Å². The Bertz CT molecular complexity index is 574. The fraction of sp³-hybridized carbons (Fsp3) is 0.357. The zero-order valence-corrected chi connectivity index (χ0v) is 14.0. The van der Waals surface area contributed by atoms with Crippen LogP contribution in [-0.2, 0) is 11.3 Å². The molecule has 0 radical (unpaired) electrons. The Morgan fingerprint density at radius 2 is 2.10 bits per heavy atom. The highest BCUT2D eigenvalue weighted by atomic mass is 79.9. The Morgan fingerprint density at radius 1 is 1.38 bits per heavy atom. The summed E-state index contributed by atoms with van der Waals surface area (Å²) in [6.45, 7) is 1.57. The second-order valence-corrected chi connectivity index (χ2v) is 5.76. The van der Waals surface area contributed by atoms with Crippen molar-refractivity contribution in [2.45, 2.75) is 12.6 Å². The van der Waals surface area contributed by atoms with Gasteiger partial charge in [0.1, 0.15) is 12.4 Å². The fourth-order valence-electron chi connectivity index (χ4n) is 1.89. The van der Waals surface area contributed by atoms with Crippen LogP contribution < -0.4 is 10.5 Å². The van der Waals surface area contributed by atoms with Crippen molar-refractivity contribution in [3.63, 3.8) is 0 Å². The summed E-state index contributed by atoms with van der Waals surface area (Å²) >= 11 is 9.30. The maximum atomic E-state index is 6.21. The van der Waals surface area contributed by atoms with Gasteiger partial charge >= 0.3 is 0 Å². The van der Waals surface area contributed by atoms with Crippen molar-refractivity contribution in [2.24, 2.45) is 5.73 Å². The molecule has 7 heteroatoms. The molecule has 21 heavy (non-hydrogen) atoms. The van der Waals surface area contributed by atoms with E-state index < -0.39 is 0 Å². The van der Waals surface area contributed by atoms with Gasteiger partial charge in [0.15, 0.2) is 0 Å². The van der Waals surface area contributed by atoms with Gasteiger partial charge in [-0.1, -0.05) is 11.6 Å². The van der Waals surface area contributed by atoms with Crippen LogP contribution in [0.3, 0.4) is 0 Å². The van der Waals surface area contributed by atoms with Gasteiger partial charge in [0.25, 0.3) is 0 Å². The Kier molecular flexibility index (Phi) is 6.05. The average Bonchev–Trinajstić information content (AvgIpc) is 2.85. The highest BCUT2D eigenvalue weighted by Gasteiger charge is 2.17. The molecule has 0 bridgehead atoms. The van der Waals surface area contributed by atoms with Crippen molar-refractivity contribution in [3.05, 3.63) is 45.7 Å². The summed E-state index contributed by atoms with van der Waals surface area (Å²) in [6, 6.07) is 6.88. The minimum atomic E-state index is -0.297. The van der Waals surface area contributed by atoms with Crippen LogP contribution in [0, 0.1) is 0 Å². The van der Waals surface area contributed by atoms with E-state index in [0.29, 0.717) is 24.8 Å². The van der Waals surface area contributed by atoms with Gasteiger partial charge in [-0.05, 0) is 40.2 Å². The van der Waals surface area contributed by atoms with Crippen LogP contribution in [0.1, 0.15) is 11.7 Å². The molecule has 1 heterocycles. The minimum absolute atomic E-state index is 0.297. The molecule has 114 valence electrons. The number of rotatable bonds is 7. The molecular formula is C14H17BrClN3O2. The molecule has 1 aromatic carbocycles. The van der Waals surface area contributed by atoms with Crippen molar-refractivity contribution in [1.82, 2.24) is 9.78 Å². The van der Waals surface area contributed by atoms with Crippen LogP contribution in [0.15, 0.2) is 34.9 Å². The normalized spacial score (nSPS) is 12.4. The van der Waals surface area contributed by atoms with Crippen molar-refractivity contribution >= 4 is 27.5 Å². The number of halogens is 2. The van der Waals surface area contributed by atoms with Crippen LogP contribution >= 0.6 is 27.5 Å². The molecule has 0 aliphatic heterocycles. The van der Waals surface area contributed by atoms with Crippen LogP contribution in [0.25, 0.3) is 0 Å². The Balaban J connectivity index is 2.01. The molecule has 0 aliphatic carbocycles. The van der Waals surface area contributed by atoms with Crippen molar-refractivity contribution in [3.8, 4) is 5.75 Å². The largest absolute Gasteiger partial charge is 0.492 e. The smallest absolute Gasteiger partial charge is 0.119 e. The van der Waals surface area contributed by atoms with E-state index in [4.69, 9.17) is 26.8 Å². The van der Waals surface area contributed by atoms with Crippen LogP contribution in [0.2, 0.25) is 5.02 Å². The SMILES string of the molecule is COCCn1ncc(Br)c1C(N)COc1ccc(Cl)cc1. The zero-order chi connectivity index (χ0) is 15.2. The van der Waals surface area contributed by atoms with Gasteiger partial charge in [0.2, 0.25) is 0 Å². The number of hydrogen-bond donors (Lipinski definition) is 1. The molecule has 1 aromatic heterocycles. The van der Waals surface area contributed by atoms with Gasteiger partial charge in [0, 0.05) is 12.1 Å². The first-order valence-electron chi connectivity index (χ1n) is 6.46. The predicted molar refractivity (Wildman–Crippen MR) is 85.7 cm³/mol. The van der Waals surface area contributed by atoms with Crippen LogP contribution in [0.4, 0.5) is 0 Å². The van der Waals surface area contributed by atoms with Crippen LogP contribution in [-0.4, -0.2) is 30.1 Å². The maximum Gasteiger partial charge on any atom is 0.119 e. The molecule has 0 amide bonds. The third-order valence-electron chi connectivity index (χ3n) is 2.93. The summed E-state index contributed by atoms with van der Waals surface area (Å²) in [7, 11) is 1.65. The summed E-state index contributed by atoms with van der Waals surface area (Å²) in [6.07, 6.45) is 1.73. The molecule has 0 aliphatic rings. The first-order valence-corrected chi connectivity index (χ1v) is 7.63. The number of nitrogens with zero attached hydrogens (tertiary/aromatic N) is 2. The lowest BCUT2D eigenvalue weighted by atomic mass is 10.2. The number of benzene rings is 1. The average molecular weight is 375 g/mol. The van der Waals surface area contributed by atoms with Gasteiger partial charge in [-0.3, -0.25) is 4.68 Å². The third-order valence-corrected chi connectivity index (χ3v) is 3.80.